The number of nitriles is 2. The van der Waals surface area contributed by atoms with E-state index in [1.807, 2.05) is 0 Å². The van der Waals surface area contributed by atoms with Crippen molar-refractivity contribution in [1.82, 2.24) is 0 Å². The monoisotopic (exact) mass is 268 g/mol. The molecule has 54 valence electrons. The molecule has 10 heavy (non-hydrogen) atoms. The zero-order valence-corrected chi connectivity index (χ0v) is 9.13. The van der Waals surface area contributed by atoms with Crippen molar-refractivity contribution in [2.45, 2.75) is 17.6 Å². The van der Waals surface area contributed by atoms with Crippen LogP contribution in [0.5, 0.6) is 0 Å². The van der Waals surface area contributed by atoms with Crippen molar-refractivity contribution in [3.63, 3.8) is 0 Å². The van der Waals surface area contributed by atoms with E-state index in [0.29, 0.717) is 5.92 Å². The third-order valence-electron chi connectivity index (χ3n) is 0.865. The van der Waals surface area contributed by atoms with Gasteiger partial charge in [0.25, 0.3) is 0 Å². The molecule has 0 saturated heterocycles. The molecule has 0 bridgehead atoms. The first-order valence-corrected chi connectivity index (χ1v) is 6.96. The minimum atomic E-state index is 0.144. The van der Waals surface area contributed by atoms with Gasteiger partial charge in [0.2, 0.25) is 0 Å². The van der Waals surface area contributed by atoms with Gasteiger partial charge >= 0.3 is 73.9 Å². The first kappa shape index (κ1) is 10.0. The van der Waals surface area contributed by atoms with E-state index in [0.717, 1.165) is 10.6 Å². The molecule has 2 nitrogen and oxygen atoms in total. The van der Waals surface area contributed by atoms with Crippen LogP contribution in [0.3, 0.4) is 0 Å². The van der Waals surface area contributed by atoms with E-state index in [1.54, 1.807) is 0 Å². The zero-order valence-electron chi connectivity index (χ0n) is 5.70. The average molecular weight is 266 g/mol. The fraction of sp³-hybridized carbons (Fsp3) is 0.667. The maximum atomic E-state index is 8.26. The van der Waals surface area contributed by atoms with Crippen LogP contribution in [0.15, 0.2) is 0 Å². The van der Waals surface area contributed by atoms with Gasteiger partial charge in [-0.25, -0.2) is 0 Å². The van der Waals surface area contributed by atoms with E-state index < -0.39 is 0 Å². The van der Waals surface area contributed by atoms with E-state index in [2.05, 4.69) is 16.9 Å². The quantitative estimate of drug-likeness (QED) is 0.707. The van der Waals surface area contributed by atoms with Crippen molar-refractivity contribution in [2.75, 3.05) is 0 Å². The van der Waals surface area contributed by atoms with Gasteiger partial charge in [-0.3, -0.25) is 0 Å². The van der Waals surface area contributed by atoms with Gasteiger partial charge in [0.05, 0.1) is 0 Å². The van der Waals surface area contributed by atoms with Crippen molar-refractivity contribution in [2.24, 2.45) is 5.92 Å². The molecular weight excluding hydrogens is 258 g/mol. The summed E-state index contributed by atoms with van der Waals surface area (Å²) in [5.74, 6) is 0.583. The Morgan fingerprint density at radius 2 is 1.60 bits per heavy atom. The summed E-state index contributed by atoms with van der Waals surface area (Å²) in [7, 11) is 0. The van der Waals surface area contributed by atoms with Gasteiger partial charge in [-0.1, -0.05) is 0 Å². The molecule has 0 aromatic heterocycles. The van der Waals surface area contributed by atoms with Gasteiger partial charge in [-0.2, -0.15) is 0 Å². The van der Waals surface area contributed by atoms with Crippen molar-refractivity contribution in [1.29, 1.82) is 10.5 Å². The normalized spacial score (nSPS) is 8.80. The van der Waals surface area contributed by atoms with Gasteiger partial charge in [0.15, 0.2) is 0 Å². The molecule has 0 unspecified atom stereocenters. The molecule has 0 spiro atoms. The molecule has 0 amide bonds. The van der Waals surface area contributed by atoms with Crippen LogP contribution in [0.1, 0.15) is 6.92 Å². The maximum absolute atomic E-state index is 8.26. The summed E-state index contributed by atoms with van der Waals surface area (Å²) in [6.45, 7) is 2.11. The van der Waals surface area contributed by atoms with Crippen molar-refractivity contribution in [3.8, 4) is 9.94 Å². The summed E-state index contributed by atoms with van der Waals surface area (Å²) in [6, 6.07) is 0. The van der Waals surface area contributed by atoms with Gasteiger partial charge in [-0.05, 0) is 0 Å². The van der Waals surface area contributed by atoms with E-state index in [9.17, 15) is 0 Å². The number of nitrogens with zero attached hydrogens (tertiary/aromatic N) is 2. The Balaban J connectivity index is 3.20. The molecular formula is C6H8N2Se2. The van der Waals surface area contributed by atoms with Gasteiger partial charge < -0.3 is 0 Å². The topological polar surface area (TPSA) is 47.6 Å². The summed E-state index contributed by atoms with van der Waals surface area (Å²) in [5.41, 5.74) is 0. The second-order valence-corrected chi connectivity index (χ2v) is 5.29. The summed E-state index contributed by atoms with van der Waals surface area (Å²) in [4.78, 5) is 4.32. The predicted molar refractivity (Wildman–Crippen MR) is 41.5 cm³/mol. The van der Waals surface area contributed by atoms with Crippen molar-refractivity contribution in [3.05, 3.63) is 0 Å². The van der Waals surface area contributed by atoms with Crippen molar-refractivity contribution >= 4 is 29.9 Å². The van der Waals surface area contributed by atoms with E-state index in [1.165, 1.54) is 0 Å². The van der Waals surface area contributed by atoms with Gasteiger partial charge in [-0.15, -0.1) is 0 Å². The molecule has 0 heterocycles. The van der Waals surface area contributed by atoms with Crippen LogP contribution in [-0.2, 0) is 0 Å². The standard InChI is InChI=1S/C6H8N2Se2/c1-6(2-9-4-7)3-10-5-8/h6H,2-3H2,1H3. The Hall–Kier alpha value is 0.0190. The fourth-order valence-electron chi connectivity index (χ4n) is 0.407. The van der Waals surface area contributed by atoms with Crippen LogP contribution in [0.25, 0.3) is 0 Å². The first-order valence-electron chi connectivity index (χ1n) is 2.83. The molecule has 0 fully saturated rings. The van der Waals surface area contributed by atoms with Crippen LogP contribution < -0.4 is 0 Å². The molecule has 0 N–H and O–H groups in total. The van der Waals surface area contributed by atoms with E-state index in [4.69, 9.17) is 10.5 Å². The SMILES string of the molecule is CC(C[Se]C#N)C[Se]C#N. The van der Waals surface area contributed by atoms with Crippen LogP contribution in [0.2, 0.25) is 10.6 Å². The second-order valence-electron chi connectivity index (χ2n) is 1.91. The Labute approximate surface area is 73.9 Å². The summed E-state index contributed by atoms with van der Waals surface area (Å²) >= 11 is 0.288. The van der Waals surface area contributed by atoms with Crippen LogP contribution in [-0.4, -0.2) is 29.9 Å². The number of hydrogen-bond acceptors (Lipinski definition) is 2. The minimum absolute atomic E-state index is 0.144. The number of rotatable bonds is 4. The summed E-state index contributed by atoms with van der Waals surface area (Å²) < 4.78 is 0. The van der Waals surface area contributed by atoms with E-state index in [-0.39, 0.29) is 29.9 Å². The molecule has 0 aliphatic heterocycles. The molecule has 0 atom stereocenters. The molecule has 0 rings (SSSR count). The molecule has 4 heteroatoms. The predicted octanol–water partition coefficient (Wildman–Crippen LogP) is 0.830. The summed E-state index contributed by atoms with van der Waals surface area (Å²) in [5, 5.41) is 18.5. The first-order chi connectivity index (χ1) is 4.81. The van der Waals surface area contributed by atoms with Crippen LogP contribution in [0.4, 0.5) is 0 Å². The Bertz CT molecular complexity index is 138. The Morgan fingerprint density at radius 3 is 1.90 bits per heavy atom. The van der Waals surface area contributed by atoms with Gasteiger partial charge in [0.1, 0.15) is 0 Å². The molecule has 0 aromatic carbocycles. The molecule has 0 aliphatic carbocycles. The summed E-state index contributed by atoms with van der Waals surface area (Å²) in [6.07, 6.45) is 0. The Kier molecular flexibility index (Phi) is 7.14. The molecule has 0 saturated carbocycles. The van der Waals surface area contributed by atoms with Crippen molar-refractivity contribution < 1.29 is 0 Å². The van der Waals surface area contributed by atoms with Crippen LogP contribution in [0, 0.1) is 26.4 Å². The van der Waals surface area contributed by atoms with Gasteiger partial charge in [0, 0.05) is 0 Å². The zero-order chi connectivity index (χ0) is 7.82. The average Bonchev–Trinajstić information content (AvgIpc) is 1.97. The second kappa shape index (κ2) is 7.13. The number of hydrogen-bond donors (Lipinski definition) is 0. The third kappa shape index (κ3) is 6.14. The molecule has 0 aromatic rings. The van der Waals surface area contributed by atoms with E-state index >= 15 is 0 Å². The Morgan fingerprint density at radius 1 is 1.20 bits per heavy atom. The van der Waals surface area contributed by atoms with Crippen LogP contribution >= 0.6 is 0 Å². The fourth-order valence-corrected chi connectivity index (χ4v) is 3.16. The third-order valence-corrected chi connectivity index (χ3v) is 4.49. The molecule has 0 radical (unpaired) electrons. The molecule has 0 aliphatic rings.